The highest BCUT2D eigenvalue weighted by Gasteiger charge is 2.27. The van der Waals surface area contributed by atoms with Crippen molar-refractivity contribution < 1.29 is 0 Å². The van der Waals surface area contributed by atoms with Crippen molar-refractivity contribution >= 4 is 17.5 Å². The molecule has 0 spiro atoms. The van der Waals surface area contributed by atoms with Gasteiger partial charge in [0.1, 0.15) is 0 Å². The Hall–Kier alpha value is -0.870. The van der Waals surface area contributed by atoms with Gasteiger partial charge in [0.2, 0.25) is 5.95 Å². The van der Waals surface area contributed by atoms with Gasteiger partial charge in [-0.1, -0.05) is 13.8 Å². The third-order valence-corrected chi connectivity index (χ3v) is 4.08. The number of aryl methyl sites for hydroxylation is 1. The van der Waals surface area contributed by atoms with Crippen LogP contribution in [0.4, 0.5) is 5.95 Å². The summed E-state index contributed by atoms with van der Waals surface area (Å²) < 4.78 is 0. The van der Waals surface area contributed by atoms with Crippen LogP contribution in [0.15, 0.2) is 6.07 Å². The zero-order valence-electron chi connectivity index (χ0n) is 12.1. The van der Waals surface area contributed by atoms with Crippen molar-refractivity contribution in [2.75, 3.05) is 31.1 Å². The topological polar surface area (TPSA) is 32.3 Å². The van der Waals surface area contributed by atoms with Gasteiger partial charge >= 0.3 is 0 Å². The zero-order chi connectivity index (χ0) is 13.8. The van der Waals surface area contributed by atoms with Crippen molar-refractivity contribution in [3.05, 3.63) is 17.5 Å². The molecule has 0 aliphatic carbocycles. The molecule has 0 amide bonds. The molecule has 4 nitrogen and oxygen atoms in total. The van der Waals surface area contributed by atoms with E-state index in [1.807, 2.05) is 13.0 Å². The molecular weight excluding hydrogens is 260 g/mol. The molecule has 1 aliphatic rings. The standard InChI is InChI=1S/C14H23ClN4/c1-4-18(5-2)13-6-7-19(10-13)14-16-11(3)8-12(9-15)17-14/h8,13H,4-7,9-10H2,1-3H3. The molecule has 1 aromatic heterocycles. The first-order chi connectivity index (χ1) is 9.17. The van der Waals surface area contributed by atoms with E-state index in [0.717, 1.165) is 43.5 Å². The van der Waals surface area contributed by atoms with Crippen molar-refractivity contribution in [3.8, 4) is 0 Å². The Morgan fingerprint density at radius 1 is 1.37 bits per heavy atom. The monoisotopic (exact) mass is 282 g/mol. The summed E-state index contributed by atoms with van der Waals surface area (Å²) in [4.78, 5) is 13.9. The first-order valence-electron chi connectivity index (χ1n) is 7.07. The molecule has 1 fully saturated rings. The van der Waals surface area contributed by atoms with Crippen LogP contribution in [0.2, 0.25) is 0 Å². The molecule has 19 heavy (non-hydrogen) atoms. The van der Waals surface area contributed by atoms with Gasteiger partial charge in [-0.2, -0.15) is 0 Å². The maximum atomic E-state index is 5.88. The Morgan fingerprint density at radius 3 is 2.74 bits per heavy atom. The lowest BCUT2D eigenvalue weighted by Gasteiger charge is -2.26. The smallest absolute Gasteiger partial charge is 0.225 e. The van der Waals surface area contributed by atoms with Gasteiger partial charge in [-0.15, -0.1) is 11.6 Å². The summed E-state index contributed by atoms with van der Waals surface area (Å²) in [7, 11) is 0. The largest absolute Gasteiger partial charge is 0.339 e. The number of halogens is 1. The van der Waals surface area contributed by atoms with Gasteiger partial charge < -0.3 is 4.90 Å². The fraction of sp³-hybridized carbons (Fsp3) is 0.714. The minimum atomic E-state index is 0.448. The first kappa shape index (κ1) is 14.5. The van der Waals surface area contributed by atoms with Crippen LogP contribution in [-0.2, 0) is 5.88 Å². The summed E-state index contributed by atoms with van der Waals surface area (Å²) in [6.45, 7) is 10.7. The molecule has 0 radical (unpaired) electrons. The normalized spacial score (nSPS) is 19.4. The van der Waals surface area contributed by atoms with Crippen molar-refractivity contribution in [2.24, 2.45) is 0 Å². The van der Waals surface area contributed by atoms with Crippen molar-refractivity contribution in [1.82, 2.24) is 14.9 Å². The van der Waals surface area contributed by atoms with Gasteiger partial charge in [0.25, 0.3) is 0 Å². The van der Waals surface area contributed by atoms with Crippen molar-refractivity contribution in [1.29, 1.82) is 0 Å². The number of nitrogens with zero attached hydrogens (tertiary/aromatic N) is 4. The molecule has 2 heterocycles. The number of hydrogen-bond donors (Lipinski definition) is 0. The number of hydrogen-bond acceptors (Lipinski definition) is 4. The third-order valence-electron chi connectivity index (χ3n) is 3.81. The molecule has 1 atom stereocenters. The van der Waals surface area contributed by atoms with E-state index in [-0.39, 0.29) is 0 Å². The predicted molar refractivity (Wildman–Crippen MR) is 79.9 cm³/mol. The minimum Gasteiger partial charge on any atom is -0.339 e. The highest BCUT2D eigenvalue weighted by Crippen LogP contribution is 2.21. The minimum absolute atomic E-state index is 0.448. The molecule has 0 aromatic carbocycles. The van der Waals surface area contributed by atoms with E-state index in [9.17, 15) is 0 Å². The maximum Gasteiger partial charge on any atom is 0.225 e. The van der Waals surface area contributed by atoms with E-state index in [1.165, 1.54) is 6.42 Å². The second-order valence-corrected chi connectivity index (χ2v) is 5.31. The Morgan fingerprint density at radius 2 is 2.11 bits per heavy atom. The maximum absolute atomic E-state index is 5.88. The van der Waals surface area contributed by atoms with Crippen molar-refractivity contribution in [3.63, 3.8) is 0 Å². The zero-order valence-corrected chi connectivity index (χ0v) is 12.8. The van der Waals surface area contributed by atoms with Gasteiger partial charge in [-0.25, -0.2) is 9.97 Å². The average Bonchev–Trinajstić information content (AvgIpc) is 2.89. The Balaban J connectivity index is 2.10. The summed E-state index contributed by atoms with van der Waals surface area (Å²) in [6, 6.07) is 2.58. The summed E-state index contributed by atoms with van der Waals surface area (Å²) in [5.74, 6) is 1.29. The molecule has 0 N–H and O–H groups in total. The molecule has 0 bridgehead atoms. The van der Waals surface area contributed by atoms with Gasteiger partial charge in [0, 0.05) is 24.8 Å². The molecular formula is C14H23ClN4. The van der Waals surface area contributed by atoms with Crippen LogP contribution in [0.25, 0.3) is 0 Å². The lowest BCUT2D eigenvalue weighted by Crippen LogP contribution is -2.37. The SMILES string of the molecule is CCN(CC)C1CCN(c2nc(C)cc(CCl)n2)C1. The molecule has 1 saturated heterocycles. The van der Waals surface area contributed by atoms with Crippen LogP contribution in [-0.4, -0.2) is 47.1 Å². The van der Waals surface area contributed by atoms with Crippen LogP contribution in [0, 0.1) is 6.92 Å². The molecule has 0 saturated carbocycles. The third kappa shape index (κ3) is 3.37. The fourth-order valence-electron chi connectivity index (χ4n) is 2.79. The first-order valence-corrected chi connectivity index (χ1v) is 7.60. The number of rotatable bonds is 5. The molecule has 2 rings (SSSR count). The van der Waals surface area contributed by atoms with E-state index in [4.69, 9.17) is 11.6 Å². The fourth-order valence-corrected chi connectivity index (χ4v) is 2.93. The summed E-state index contributed by atoms with van der Waals surface area (Å²) in [5.41, 5.74) is 1.90. The highest BCUT2D eigenvalue weighted by atomic mass is 35.5. The van der Waals surface area contributed by atoms with Crippen LogP contribution in [0.3, 0.4) is 0 Å². The summed E-state index contributed by atoms with van der Waals surface area (Å²) in [6.07, 6.45) is 1.19. The Kier molecular flexibility index (Phi) is 4.99. The Bertz CT molecular complexity index is 420. The summed E-state index contributed by atoms with van der Waals surface area (Å²) >= 11 is 5.88. The number of aromatic nitrogens is 2. The van der Waals surface area contributed by atoms with Gasteiger partial charge in [0.05, 0.1) is 11.6 Å². The molecule has 1 unspecified atom stereocenters. The van der Waals surface area contributed by atoms with Gasteiger partial charge in [-0.3, -0.25) is 4.90 Å². The summed E-state index contributed by atoms with van der Waals surface area (Å²) in [5, 5.41) is 0. The Labute approximate surface area is 120 Å². The molecule has 5 heteroatoms. The van der Waals surface area contributed by atoms with Crippen LogP contribution >= 0.6 is 11.6 Å². The average molecular weight is 283 g/mol. The van der Waals surface area contributed by atoms with Gasteiger partial charge in [-0.05, 0) is 32.5 Å². The lowest BCUT2D eigenvalue weighted by molar-refractivity contribution is 0.232. The predicted octanol–water partition coefficient (Wildman–Crippen LogP) is 2.44. The molecule has 1 aliphatic heterocycles. The van der Waals surface area contributed by atoms with E-state index in [2.05, 4.69) is 33.6 Å². The van der Waals surface area contributed by atoms with Crippen LogP contribution in [0.1, 0.15) is 31.7 Å². The second kappa shape index (κ2) is 6.53. The lowest BCUT2D eigenvalue weighted by atomic mass is 10.2. The van der Waals surface area contributed by atoms with E-state index < -0.39 is 0 Å². The number of alkyl halides is 1. The van der Waals surface area contributed by atoms with Crippen LogP contribution in [0.5, 0.6) is 0 Å². The van der Waals surface area contributed by atoms with Crippen molar-refractivity contribution in [2.45, 2.75) is 39.1 Å². The van der Waals surface area contributed by atoms with Gasteiger partial charge in [0.15, 0.2) is 0 Å². The van der Waals surface area contributed by atoms with Crippen LogP contribution < -0.4 is 4.90 Å². The van der Waals surface area contributed by atoms with E-state index in [0.29, 0.717) is 11.9 Å². The second-order valence-electron chi connectivity index (χ2n) is 5.04. The molecule has 1 aromatic rings. The quantitative estimate of drug-likeness (QED) is 0.777. The highest BCUT2D eigenvalue weighted by molar-refractivity contribution is 6.16. The van der Waals surface area contributed by atoms with E-state index in [1.54, 1.807) is 0 Å². The van der Waals surface area contributed by atoms with E-state index >= 15 is 0 Å². The molecule has 106 valence electrons. The number of likely N-dealkylation sites (N-methyl/N-ethyl adjacent to an activating group) is 1. The number of anilines is 1.